The van der Waals surface area contributed by atoms with Crippen molar-refractivity contribution >= 4 is 35.1 Å². The molecule has 1 aliphatic rings. The molecular formula is C14H14ClNO4. The monoisotopic (exact) mass is 295 g/mol. The highest BCUT2D eigenvalue weighted by atomic mass is 35.5. The molecule has 5 nitrogen and oxygen atoms in total. The number of carbonyl (C=O) groups is 3. The van der Waals surface area contributed by atoms with Crippen molar-refractivity contribution in [1.29, 1.82) is 0 Å². The Labute approximate surface area is 121 Å². The van der Waals surface area contributed by atoms with E-state index in [1.807, 2.05) is 6.92 Å². The molecule has 1 aliphatic heterocycles. The Bertz CT molecular complexity index is 554. The number of amides is 2. The third kappa shape index (κ3) is 2.82. The molecule has 1 saturated heterocycles. The highest BCUT2D eigenvalue weighted by Gasteiger charge is 2.31. The summed E-state index contributed by atoms with van der Waals surface area (Å²) in [7, 11) is 0. The van der Waals surface area contributed by atoms with Gasteiger partial charge in [0.15, 0.2) is 0 Å². The molecule has 1 aromatic carbocycles. The molecule has 2 amide bonds. The molecule has 0 saturated carbocycles. The zero-order valence-electron chi connectivity index (χ0n) is 11.0. The third-order valence-corrected chi connectivity index (χ3v) is 3.25. The van der Waals surface area contributed by atoms with Crippen LogP contribution in [0.2, 0.25) is 5.02 Å². The number of halogens is 1. The molecule has 2 rings (SSSR count). The number of benzene rings is 1. The number of hydrogen-bond donors (Lipinski definition) is 0. The molecular weight excluding hydrogens is 282 g/mol. The van der Waals surface area contributed by atoms with Gasteiger partial charge in [0.05, 0.1) is 22.9 Å². The SMILES string of the molecule is CCCOC(=O)c1cc(N2C(=O)CCC2=O)ccc1Cl. The summed E-state index contributed by atoms with van der Waals surface area (Å²) in [5.74, 6) is -1.10. The van der Waals surface area contributed by atoms with Gasteiger partial charge < -0.3 is 4.74 Å². The topological polar surface area (TPSA) is 63.7 Å². The molecule has 0 N–H and O–H groups in total. The van der Waals surface area contributed by atoms with Gasteiger partial charge in [0.1, 0.15) is 0 Å². The van der Waals surface area contributed by atoms with Crippen molar-refractivity contribution in [3.63, 3.8) is 0 Å². The van der Waals surface area contributed by atoms with Gasteiger partial charge in [-0.05, 0) is 24.6 Å². The van der Waals surface area contributed by atoms with E-state index < -0.39 is 5.97 Å². The van der Waals surface area contributed by atoms with Crippen LogP contribution >= 0.6 is 11.6 Å². The molecule has 20 heavy (non-hydrogen) atoms. The average molecular weight is 296 g/mol. The number of rotatable bonds is 4. The quantitative estimate of drug-likeness (QED) is 0.632. The van der Waals surface area contributed by atoms with Crippen LogP contribution in [0.25, 0.3) is 0 Å². The van der Waals surface area contributed by atoms with Gasteiger partial charge in [0.2, 0.25) is 11.8 Å². The Balaban J connectivity index is 2.31. The smallest absolute Gasteiger partial charge is 0.339 e. The van der Waals surface area contributed by atoms with Crippen molar-refractivity contribution in [1.82, 2.24) is 0 Å². The zero-order chi connectivity index (χ0) is 14.7. The summed E-state index contributed by atoms with van der Waals surface area (Å²) in [6.45, 7) is 2.17. The second-order valence-electron chi connectivity index (χ2n) is 4.42. The number of carbonyl (C=O) groups excluding carboxylic acids is 3. The van der Waals surface area contributed by atoms with Crippen molar-refractivity contribution in [2.45, 2.75) is 26.2 Å². The van der Waals surface area contributed by atoms with E-state index in [1.165, 1.54) is 12.1 Å². The van der Waals surface area contributed by atoms with E-state index in [2.05, 4.69) is 0 Å². The Morgan fingerprint density at radius 1 is 1.30 bits per heavy atom. The number of esters is 1. The van der Waals surface area contributed by atoms with Gasteiger partial charge in [-0.2, -0.15) is 0 Å². The standard InChI is InChI=1S/C14H14ClNO4/c1-2-7-20-14(19)10-8-9(3-4-11(10)15)16-12(17)5-6-13(16)18/h3-4,8H,2,5-7H2,1H3. The molecule has 0 radical (unpaired) electrons. The van der Waals surface area contributed by atoms with Crippen LogP contribution in [0.5, 0.6) is 0 Å². The van der Waals surface area contributed by atoms with Gasteiger partial charge in [-0.15, -0.1) is 0 Å². The average Bonchev–Trinajstić information content (AvgIpc) is 2.76. The van der Waals surface area contributed by atoms with Gasteiger partial charge >= 0.3 is 5.97 Å². The van der Waals surface area contributed by atoms with Crippen molar-refractivity contribution in [3.05, 3.63) is 28.8 Å². The molecule has 1 fully saturated rings. The maximum Gasteiger partial charge on any atom is 0.339 e. The summed E-state index contributed by atoms with van der Waals surface area (Å²) in [5, 5.41) is 0.231. The van der Waals surface area contributed by atoms with Crippen molar-refractivity contribution in [2.24, 2.45) is 0 Å². The van der Waals surface area contributed by atoms with Gasteiger partial charge in [0, 0.05) is 12.8 Å². The summed E-state index contributed by atoms with van der Waals surface area (Å²) < 4.78 is 5.02. The molecule has 0 aliphatic carbocycles. The summed E-state index contributed by atoms with van der Waals surface area (Å²) >= 11 is 5.96. The van der Waals surface area contributed by atoms with E-state index in [0.29, 0.717) is 18.7 Å². The zero-order valence-corrected chi connectivity index (χ0v) is 11.8. The molecule has 0 aromatic heterocycles. The fraction of sp³-hybridized carbons (Fsp3) is 0.357. The predicted octanol–water partition coefficient (Wildman–Crippen LogP) is 2.56. The van der Waals surface area contributed by atoms with Crippen LogP contribution in [0.3, 0.4) is 0 Å². The summed E-state index contributed by atoms with van der Waals surface area (Å²) in [6.07, 6.45) is 1.08. The van der Waals surface area contributed by atoms with Crippen LogP contribution in [0.15, 0.2) is 18.2 Å². The van der Waals surface area contributed by atoms with Crippen molar-refractivity contribution < 1.29 is 19.1 Å². The van der Waals surface area contributed by atoms with E-state index in [0.717, 1.165) is 4.90 Å². The molecule has 6 heteroatoms. The highest BCUT2D eigenvalue weighted by Crippen LogP contribution is 2.27. The summed E-state index contributed by atoms with van der Waals surface area (Å²) in [6, 6.07) is 4.44. The molecule has 0 bridgehead atoms. The molecule has 0 unspecified atom stereocenters. The second-order valence-corrected chi connectivity index (χ2v) is 4.83. The van der Waals surface area contributed by atoms with Gasteiger partial charge in [-0.25, -0.2) is 4.79 Å². The minimum absolute atomic E-state index is 0.158. The highest BCUT2D eigenvalue weighted by molar-refractivity contribution is 6.34. The Hall–Kier alpha value is -1.88. The number of imide groups is 1. The van der Waals surface area contributed by atoms with E-state index in [-0.39, 0.29) is 35.2 Å². The fourth-order valence-electron chi connectivity index (χ4n) is 1.95. The van der Waals surface area contributed by atoms with Crippen LogP contribution in [-0.4, -0.2) is 24.4 Å². The maximum absolute atomic E-state index is 11.9. The van der Waals surface area contributed by atoms with E-state index in [9.17, 15) is 14.4 Å². The molecule has 1 aromatic rings. The van der Waals surface area contributed by atoms with E-state index in [4.69, 9.17) is 16.3 Å². The Morgan fingerprint density at radius 3 is 2.55 bits per heavy atom. The largest absolute Gasteiger partial charge is 0.462 e. The second kappa shape index (κ2) is 6.05. The van der Waals surface area contributed by atoms with E-state index >= 15 is 0 Å². The maximum atomic E-state index is 11.9. The molecule has 0 atom stereocenters. The molecule has 0 spiro atoms. The van der Waals surface area contributed by atoms with Gasteiger partial charge in [-0.1, -0.05) is 18.5 Å². The van der Waals surface area contributed by atoms with Crippen LogP contribution in [-0.2, 0) is 14.3 Å². The number of hydrogen-bond acceptors (Lipinski definition) is 4. The predicted molar refractivity (Wildman–Crippen MR) is 73.8 cm³/mol. The van der Waals surface area contributed by atoms with Gasteiger partial charge in [-0.3, -0.25) is 14.5 Å². The van der Waals surface area contributed by atoms with Crippen LogP contribution < -0.4 is 4.90 Å². The summed E-state index contributed by atoms with van der Waals surface area (Å²) in [5.41, 5.74) is 0.510. The normalized spacial score (nSPS) is 14.8. The Kier molecular flexibility index (Phi) is 4.39. The van der Waals surface area contributed by atoms with Gasteiger partial charge in [0.25, 0.3) is 0 Å². The lowest BCUT2D eigenvalue weighted by Gasteiger charge is -2.15. The number of anilines is 1. The Morgan fingerprint density at radius 2 is 1.95 bits per heavy atom. The van der Waals surface area contributed by atoms with Crippen molar-refractivity contribution in [3.8, 4) is 0 Å². The molecule has 106 valence electrons. The number of ether oxygens (including phenoxy) is 1. The minimum atomic E-state index is -0.558. The van der Waals surface area contributed by atoms with Crippen molar-refractivity contribution in [2.75, 3.05) is 11.5 Å². The third-order valence-electron chi connectivity index (χ3n) is 2.92. The lowest BCUT2D eigenvalue weighted by Crippen LogP contribution is -2.28. The number of nitrogens with zero attached hydrogens (tertiary/aromatic N) is 1. The first-order chi connectivity index (χ1) is 9.54. The first-order valence-corrected chi connectivity index (χ1v) is 6.75. The lowest BCUT2D eigenvalue weighted by molar-refractivity contribution is -0.121. The van der Waals surface area contributed by atoms with Crippen LogP contribution in [0.1, 0.15) is 36.5 Å². The van der Waals surface area contributed by atoms with E-state index in [1.54, 1.807) is 6.07 Å². The fourth-order valence-corrected chi connectivity index (χ4v) is 2.14. The lowest BCUT2D eigenvalue weighted by atomic mass is 10.2. The van der Waals surface area contributed by atoms with Crippen LogP contribution in [0.4, 0.5) is 5.69 Å². The van der Waals surface area contributed by atoms with Crippen LogP contribution in [0, 0.1) is 0 Å². The minimum Gasteiger partial charge on any atom is -0.462 e. The first kappa shape index (κ1) is 14.5. The molecule has 1 heterocycles. The first-order valence-electron chi connectivity index (χ1n) is 6.37. The summed E-state index contributed by atoms with van der Waals surface area (Å²) in [4.78, 5) is 36.3.